The van der Waals surface area contributed by atoms with E-state index >= 15 is 0 Å². The number of likely N-dealkylation sites (tertiary alicyclic amines) is 1. The van der Waals surface area contributed by atoms with Crippen molar-refractivity contribution in [2.45, 2.75) is 38.6 Å². The Kier molecular flexibility index (Phi) is 7.05. The number of aromatic nitrogens is 1. The molecule has 0 aliphatic carbocycles. The average molecular weight is 540 g/mol. The molecule has 3 aromatic rings. The number of carbonyl (C=O) groups is 3. The Morgan fingerprint density at radius 2 is 1.76 bits per heavy atom. The number of amides is 2. The van der Waals surface area contributed by atoms with E-state index < -0.39 is 17.2 Å². The standard InChI is InChI=1S/C29H31ClFN3O4/c1-29(2)16-38-17-34(29)28(37)26(35)23-15-32(3)25-14-24(30)22(13-21(23)25)27(36)33-10-8-19(9-11-33)12-18-4-6-20(31)7-5-18/h4-7,13-15,19H,8-12,16-17H2,1-3H3. The molecule has 1 aromatic heterocycles. The first kappa shape index (κ1) is 26.4. The number of Topliss-reactive ketones (excluding diaryl/α,β-unsaturated/α-hetero) is 1. The van der Waals surface area contributed by atoms with E-state index in [9.17, 15) is 18.8 Å². The first-order valence-electron chi connectivity index (χ1n) is 12.8. The molecule has 38 heavy (non-hydrogen) atoms. The summed E-state index contributed by atoms with van der Waals surface area (Å²) >= 11 is 6.56. The highest BCUT2D eigenvalue weighted by atomic mass is 35.5. The lowest BCUT2D eigenvalue weighted by molar-refractivity contribution is -0.130. The molecule has 5 rings (SSSR count). The van der Waals surface area contributed by atoms with Gasteiger partial charge in [-0.3, -0.25) is 14.4 Å². The highest BCUT2D eigenvalue weighted by Crippen LogP contribution is 2.31. The first-order chi connectivity index (χ1) is 18.0. The lowest BCUT2D eigenvalue weighted by Gasteiger charge is -2.32. The van der Waals surface area contributed by atoms with E-state index in [0.29, 0.717) is 47.1 Å². The van der Waals surface area contributed by atoms with Crippen molar-refractivity contribution in [3.8, 4) is 0 Å². The minimum Gasteiger partial charge on any atom is -0.359 e. The molecule has 2 amide bonds. The maximum atomic E-state index is 13.5. The summed E-state index contributed by atoms with van der Waals surface area (Å²) < 4.78 is 20.4. The van der Waals surface area contributed by atoms with Gasteiger partial charge in [0.15, 0.2) is 0 Å². The zero-order valence-electron chi connectivity index (χ0n) is 21.8. The van der Waals surface area contributed by atoms with E-state index in [1.54, 1.807) is 34.8 Å². The van der Waals surface area contributed by atoms with Crippen molar-refractivity contribution in [3.63, 3.8) is 0 Å². The highest BCUT2D eigenvalue weighted by molar-refractivity contribution is 6.45. The molecule has 0 atom stereocenters. The number of halogens is 2. The van der Waals surface area contributed by atoms with Crippen LogP contribution in [0.25, 0.3) is 10.9 Å². The van der Waals surface area contributed by atoms with Gasteiger partial charge in [0.05, 0.1) is 33.8 Å². The zero-order valence-corrected chi connectivity index (χ0v) is 22.6. The number of ketones is 1. The van der Waals surface area contributed by atoms with Gasteiger partial charge in [0, 0.05) is 31.7 Å². The van der Waals surface area contributed by atoms with Gasteiger partial charge >= 0.3 is 0 Å². The van der Waals surface area contributed by atoms with E-state index in [2.05, 4.69) is 0 Å². The van der Waals surface area contributed by atoms with Crippen molar-refractivity contribution in [2.75, 3.05) is 26.4 Å². The van der Waals surface area contributed by atoms with Gasteiger partial charge in [0.1, 0.15) is 12.5 Å². The summed E-state index contributed by atoms with van der Waals surface area (Å²) in [6.45, 7) is 5.30. The van der Waals surface area contributed by atoms with E-state index in [-0.39, 0.29) is 24.0 Å². The molecule has 0 radical (unpaired) electrons. The number of hydrogen-bond acceptors (Lipinski definition) is 4. The van der Waals surface area contributed by atoms with Crippen LogP contribution in [-0.4, -0.2) is 63.9 Å². The van der Waals surface area contributed by atoms with Gasteiger partial charge in [-0.05, 0) is 68.9 Å². The molecule has 0 bridgehead atoms. The number of fused-ring (bicyclic) bond motifs is 1. The van der Waals surface area contributed by atoms with Crippen molar-refractivity contribution in [3.05, 3.63) is 70.1 Å². The minimum atomic E-state index is -0.642. The summed E-state index contributed by atoms with van der Waals surface area (Å²) in [7, 11) is 1.77. The fourth-order valence-electron chi connectivity index (χ4n) is 5.42. The molecule has 0 spiro atoms. The lowest BCUT2D eigenvalue weighted by Crippen LogP contribution is -2.47. The highest BCUT2D eigenvalue weighted by Gasteiger charge is 2.40. The lowest BCUT2D eigenvalue weighted by atomic mass is 9.90. The molecule has 7 nitrogen and oxygen atoms in total. The number of nitrogens with zero attached hydrogens (tertiary/aromatic N) is 3. The van der Waals surface area contributed by atoms with Crippen LogP contribution < -0.4 is 0 Å². The number of carbonyl (C=O) groups excluding carboxylic acids is 3. The Morgan fingerprint density at radius 3 is 2.39 bits per heavy atom. The van der Waals surface area contributed by atoms with Crippen molar-refractivity contribution < 1.29 is 23.5 Å². The number of rotatable bonds is 5. The zero-order chi connectivity index (χ0) is 27.2. The van der Waals surface area contributed by atoms with Crippen LogP contribution in [0.5, 0.6) is 0 Å². The molecule has 2 aromatic carbocycles. The molecule has 2 saturated heterocycles. The normalized spacial score (nSPS) is 17.8. The van der Waals surface area contributed by atoms with Crippen LogP contribution in [0.3, 0.4) is 0 Å². The summed E-state index contributed by atoms with van der Waals surface area (Å²) in [6, 6.07) is 9.88. The first-order valence-corrected chi connectivity index (χ1v) is 13.2. The Hall–Kier alpha value is -3.23. The quantitative estimate of drug-likeness (QED) is 0.343. The molecule has 2 fully saturated rings. The fraction of sp³-hybridized carbons (Fsp3) is 0.414. The molecule has 9 heteroatoms. The second-order valence-corrected chi connectivity index (χ2v) is 11.3. The predicted molar refractivity (Wildman–Crippen MR) is 143 cm³/mol. The Balaban J connectivity index is 1.34. The minimum absolute atomic E-state index is 0.0645. The fourth-order valence-corrected chi connectivity index (χ4v) is 5.66. The Bertz CT molecular complexity index is 1410. The second-order valence-electron chi connectivity index (χ2n) is 10.9. The SMILES string of the molecule is Cn1cc(C(=O)C(=O)N2COCC2(C)C)c2cc(C(=O)N3CCC(Cc4ccc(F)cc4)CC3)c(Cl)cc21. The topological polar surface area (TPSA) is 71.9 Å². The van der Waals surface area contributed by atoms with Crippen LogP contribution in [0.15, 0.2) is 42.6 Å². The second kappa shape index (κ2) is 10.2. The molecule has 0 N–H and O–H groups in total. The number of ether oxygens (including phenoxy) is 1. The third kappa shape index (κ3) is 4.95. The molecular weight excluding hydrogens is 509 g/mol. The number of piperidine rings is 1. The molecule has 3 heterocycles. The van der Waals surface area contributed by atoms with E-state index in [1.165, 1.54) is 17.0 Å². The van der Waals surface area contributed by atoms with E-state index in [0.717, 1.165) is 24.8 Å². The van der Waals surface area contributed by atoms with Crippen molar-refractivity contribution in [1.29, 1.82) is 0 Å². The average Bonchev–Trinajstić information content (AvgIpc) is 3.42. The summed E-state index contributed by atoms with van der Waals surface area (Å²) in [5.41, 5.74) is 1.72. The van der Waals surface area contributed by atoms with E-state index in [4.69, 9.17) is 16.3 Å². The van der Waals surface area contributed by atoms with Crippen LogP contribution in [0.1, 0.15) is 53.0 Å². The van der Waals surface area contributed by atoms with Crippen molar-refractivity contribution >= 4 is 40.1 Å². The maximum absolute atomic E-state index is 13.5. The van der Waals surface area contributed by atoms with Crippen LogP contribution in [0.4, 0.5) is 4.39 Å². The smallest absolute Gasteiger partial charge is 0.297 e. The largest absolute Gasteiger partial charge is 0.359 e. The Morgan fingerprint density at radius 1 is 1.08 bits per heavy atom. The van der Waals surface area contributed by atoms with Crippen molar-refractivity contribution in [1.82, 2.24) is 14.4 Å². The van der Waals surface area contributed by atoms with Gasteiger partial charge in [-0.1, -0.05) is 23.7 Å². The van der Waals surface area contributed by atoms with Gasteiger partial charge in [-0.15, -0.1) is 0 Å². The predicted octanol–water partition coefficient (Wildman–Crippen LogP) is 4.84. The van der Waals surface area contributed by atoms with Crippen LogP contribution in [0, 0.1) is 11.7 Å². The van der Waals surface area contributed by atoms with Gasteiger partial charge in [0.2, 0.25) is 0 Å². The van der Waals surface area contributed by atoms with Crippen LogP contribution in [-0.2, 0) is 23.0 Å². The number of aryl methyl sites for hydroxylation is 1. The van der Waals surface area contributed by atoms with Crippen LogP contribution >= 0.6 is 11.6 Å². The summed E-state index contributed by atoms with van der Waals surface area (Å²) in [6.07, 6.45) is 4.12. The van der Waals surface area contributed by atoms with E-state index in [1.807, 2.05) is 26.0 Å². The third-order valence-electron chi connectivity index (χ3n) is 7.74. The number of benzene rings is 2. The maximum Gasteiger partial charge on any atom is 0.297 e. The third-order valence-corrected chi connectivity index (χ3v) is 8.05. The molecule has 0 saturated carbocycles. The van der Waals surface area contributed by atoms with Gasteiger partial charge in [0.25, 0.3) is 17.6 Å². The summed E-state index contributed by atoms with van der Waals surface area (Å²) in [4.78, 5) is 43.1. The molecular formula is C29H31ClFN3O4. The van der Waals surface area contributed by atoms with Gasteiger partial charge < -0.3 is 19.1 Å². The molecule has 2 aliphatic heterocycles. The summed E-state index contributed by atoms with van der Waals surface area (Å²) in [5.74, 6) is -1.31. The summed E-state index contributed by atoms with van der Waals surface area (Å²) in [5, 5.41) is 0.819. The molecule has 2 aliphatic rings. The Labute approximate surface area is 226 Å². The van der Waals surface area contributed by atoms with Gasteiger partial charge in [-0.25, -0.2) is 4.39 Å². The molecule has 200 valence electrons. The number of hydrogen-bond donors (Lipinski definition) is 0. The molecule has 0 unspecified atom stereocenters. The van der Waals surface area contributed by atoms with Gasteiger partial charge in [-0.2, -0.15) is 0 Å². The van der Waals surface area contributed by atoms with Crippen LogP contribution in [0.2, 0.25) is 5.02 Å². The van der Waals surface area contributed by atoms with Crippen molar-refractivity contribution in [2.24, 2.45) is 13.0 Å². The monoisotopic (exact) mass is 539 g/mol.